The molecule has 0 fully saturated rings. The maximum atomic E-state index is 6.10. The monoisotopic (exact) mass is 298 g/mol. The van der Waals surface area contributed by atoms with Crippen LogP contribution in [-0.4, -0.2) is 34.8 Å². The molecule has 15 heavy (non-hydrogen) atoms. The summed E-state index contributed by atoms with van der Waals surface area (Å²) in [5.41, 5.74) is 0. The Morgan fingerprint density at radius 2 is 1.00 bits per heavy atom. The summed E-state index contributed by atoms with van der Waals surface area (Å²) < 4.78 is 8.52. The quantitative estimate of drug-likeness (QED) is 0.428. The Morgan fingerprint density at radius 1 is 0.733 bits per heavy atom. The van der Waals surface area contributed by atoms with Gasteiger partial charge in [0.2, 0.25) is 0 Å². The standard InChI is InChI=1S/C8H20Cl2N2Si3/c1-13(2,3)7-11-15(9,10)12-8-14(4,5)6/h7-8H,1-6H3. The summed E-state index contributed by atoms with van der Waals surface area (Å²) in [5.74, 6) is 3.86. The van der Waals surface area contributed by atoms with Crippen LogP contribution in [0, 0.1) is 0 Å². The molecule has 0 bridgehead atoms. The van der Waals surface area contributed by atoms with E-state index in [1.165, 1.54) is 0 Å². The SMILES string of the molecule is C[Si](C)(C)C=N[Si](Cl)(Cl)N=C[Si](C)(C)C. The lowest BCUT2D eigenvalue weighted by Gasteiger charge is -2.13. The van der Waals surface area contributed by atoms with Gasteiger partial charge in [-0.1, -0.05) is 61.4 Å². The number of hydrogen-bond donors (Lipinski definition) is 0. The largest absolute Gasteiger partial charge is 0.505 e. The van der Waals surface area contributed by atoms with Crippen LogP contribution >= 0.6 is 22.2 Å². The van der Waals surface area contributed by atoms with E-state index in [0.29, 0.717) is 0 Å². The van der Waals surface area contributed by atoms with Crippen molar-refractivity contribution in [2.24, 2.45) is 9.32 Å². The number of hydrogen-bond acceptors (Lipinski definition) is 2. The van der Waals surface area contributed by atoms with E-state index in [1.807, 2.05) is 11.7 Å². The van der Waals surface area contributed by atoms with Crippen LogP contribution in [0.2, 0.25) is 39.3 Å². The highest BCUT2D eigenvalue weighted by atomic mass is 35.7. The molecule has 0 radical (unpaired) electrons. The maximum absolute atomic E-state index is 6.10. The molecule has 0 aliphatic carbocycles. The van der Waals surface area contributed by atoms with E-state index in [1.54, 1.807) is 0 Å². The van der Waals surface area contributed by atoms with Crippen LogP contribution < -0.4 is 0 Å². The van der Waals surface area contributed by atoms with Gasteiger partial charge < -0.3 is 0 Å². The van der Waals surface area contributed by atoms with Gasteiger partial charge in [-0.25, -0.2) is 0 Å². The van der Waals surface area contributed by atoms with Crippen LogP contribution in [0.5, 0.6) is 0 Å². The fourth-order valence-electron chi connectivity index (χ4n) is 0.576. The first kappa shape index (κ1) is 15.6. The minimum absolute atomic E-state index is 1.33. The molecule has 0 N–H and O–H groups in total. The molecule has 0 amide bonds. The summed E-state index contributed by atoms with van der Waals surface area (Å²) in [4.78, 5) is 0. The average Bonchev–Trinajstić information content (AvgIpc) is 1.96. The first-order valence-electron chi connectivity index (χ1n) is 4.92. The van der Waals surface area contributed by atoms with Crippen LogP contribution in [0.3, 0.4) is 0 Å². The van der Waals surface area contributed by atoms with E-state index in [-0.39, 0.29) is 0 Å². The van der Waals surface area contributed by atoms with Gasteiger partial charge in [0.25, 0.3) is 0 Å². The second-order valence-electron chi connectivity index (χ2n) is 5.76. The van der Waals surface area contributed by atoms with Crippen molar-refractivity contribution in [2.45, 2.75) is 39.3 Å². The van der Waals surface area contributed by atoms with E-state index in [9.17, 15) is 0 Å². The molecule has 88 valence electrons. The smallest absolute Gasteiger partial charge is 0.286 e. The lowest BCUT2D eigenvalue weighted by molar-refractivity contribution is 1.67. The van der Waals surface area contributed by atoms with E-state index < -0.39 is 23.2 Å². The predicted octanol–water partition coefficient (Wildman–Crippen LogP) is 3.80. The van der Waals surface area contributed by atoms with Gasteiger partial charge >= 0.3 is 7.02 Å². The Kier molecular flexibility index (Phi) is 5.47. The van der Waals surface area contributed by atoms with Crippen molar-refractivity contribution >= 4 is 57.0 Å². The van der Waals surface area contributed by atoms with Crippen molar-refractivity contribution in [2.75, 3.05) is 0 Å². The van der Waals surface area contributed by atoms with Gasteiger partial charge in [-0.15, -0.1) is 0 Å². The summed E-state index contributed by atoms with van der Waals surface area (Å²) >= 11 is 12.2. The molecule has 0 saturated heterocycles. The molecule has 0 saturated carbocycles. The number of rotatable bonds is 4. The van der Waals surface area contributed by atoms with Crippen LogP contribution in [-0.2, 0) is 0 Å². The highest BCUT2D eigenvalue weighted by Gasteiger charge is 2.29. The maximum Gasteiger partial charge on any atom is 0.505 e. The van der Waals surface area contributed by atoms with Crippen LogP contribution in [0.15, 0.2) is 9.32 Å². The zero-order valence-corrected chi connectivity index (χ0v) is 14.8. The lowest BCUT2D eigenvalue weighted by Crippen LogP contribution is -2.28. The normalized spacial score (nSPS) is 15.5. The van der Waals surface area contributed by atoms with E-state index in [2.05, 4.69) is 48.6 Å². The molecule has 0 aromatic heterocycles. The highest BCUT2D eigenvalue weighted by Crippen LogP contribution is 2.18. The topological polar surface area (TPSA) is 24.7 Å². The van der Waals surface area contributed by atoms with E-state index in [0.717, 1.165) is 0 Å². The second-order valence-corrected chi connectivity index (χ2v) is 21.0. The fourth-order valence-corrected chi connectivity index (χ4v) is 6.74. The molecular formula is C8H20Cl2N2Si3. The Balaban J connectivity index is 4.58. The van der Waals surface area contributed by atoms with Crippen molar-refractivity contribution < 1.29 is 0 Å². The number of nitrogens with zero attached hydrogens (tertiary/aromatic N) is 2. The third-order valence-corrected chi connectivity index (χ3v) is 5.59. The number of halogens is 2. The van der Waals surface area contributed by atoms with Gasteiger partial charge in [0, 0.05) is 0 Å². The van der Waals surface area contributed by atoms with Gasteiger partial charge in [0.05, 0.1) is 16.1 Å². The van der Waals surface area contributed by atoms with Crippen LogP contribution in [0.1, 0.15) is 0 Å². The molecule has 0 heterocycles. The highest BCUT2D eigenvalue weighted by molar-refractivity contribution is 7.44. The third-order valence-electron chi connectivity index (χ3n) is 1.21. The molecule has 0 aromatic rings. The molecule has 0 atom stereocenters. The Labute approximate surface area is 105 Å². The van der Waals surface area contributed by atoms with Gasteiger partial charge in [0.15, 0.2) is 0 Å². The van der Waals surface area contributed by atoms with E-state index >= 15 is 0 Å². The van der Waals surface area contributed by atoms with Crippen molar-refractivity contribution in [3.05, 3.63) is 0 Å². The summed E-state index contributed by atoms with van der Waals surface area (Å²) in [6, 6.07) is 0. The second kappa shape index (κ2) is 5.27. The minimum atomic E-state index is -2.77. The van der Waals surface area contributed by atoms with Gasteiger partial charge in [-0.2, -0.15) is 0 Å². The van der Waals surface area contributed by atoms with Crippen molar-refractivity contribution in [1.82, 2.24) is 0 Å². The summed E-state index contributed by atoms with van der Waals surface area (Å²) in [7, 11) is -5.43. The lowest BCUT2D eigenvalue weighted by atomic mass is 11.7. The zero-order valence-electron chi connectivity index (χ0n) is 10.3. The van der Waals surface area contributed by atoms with E-state index in [4.69, 9.17) is 22.2 Å². The average molecular weight is 299 g/mol. The molecule has 7 heteroatoms. The van der Waals surface area contributed by atoms with Crippen molar-refractivity contribution in [3.8, 4) is 0 Å². The van der Waals surface area contributed by atoms with Crippen molar-refractivity contribution in [1.29, 1.82) is 0 Å². The first-order chi connectivity index (χ1) is 6.41. The Morgan fingerprint density at radius 3 is 1.20 bits per heavy atom. The molecule has 0 aromatic carbocycles. The van der Waals surface area contributed by atoms with Gasteiger partial charge in [-0.3, -0.25) is 9.32 Å². The Hall–Kier alpha value is 0.571. The molecule has 0 spiro atoms. The van der Waals surface area contributed by atoms with Gasteiger partial charge in [0.1, 0.15) is 0 Å². The summed E-state index contributed by atoms with van der Waals surface area (Å²) in [6.45, 7) is 13.1. The predicted molar refractivity (Wildman–Crippen MR) is 81.1 cm³/mol. The van der Waals surface area contributed by atoms with Crippen LogP contribution in [0.25, 0.3) is 0 Å². The van der Waals surface area contributed by atoms with Gasteiger partial charge in [-0.05, 0) is 11.7 Å². The molecular weight excluding hydrogens is 279 g/mol. The molecule has 0 unspecified atom stereocenters. The summed E-state index contributed by atoms with van der Waals surface area (Å²) in [6.07, 6.45) is 0. The zero-order chi connectivity index (χ0) is 12.3. The van der Waals surface area contributed by atoms with Crippen molar-refractivity contribution in [3.63, 3.8) is 0 Å². The summed E-state index contributed by atoms with van der Waals surface area (Å²) in [5, 5.41) is 0. The minimum Gasteiger partial charge on any atom is -0.286 e. The molecule has 0 aliphatic rings. The fraction of sp³-hybridized carbons (Fsp3) is 0.750. The molecule has 2 nitrogen and oxygen atoms in total. The Bertz CT molecular complexity index is 238. The third kappa shape index (κ3) is 10.8. The van der Waals surface area contributed by atoms with Crippen LogP contribution in [0.4, 0.5) is 0 Å². The molecule has 0 aliphatic heterocycles. The first-order valence-corrected chi connectivity index (χ1v) is 16.0. The molecule has 0 rings (SSSR count).